The van der Waals surface area contributed by atoms with Crippen LogP contribution in [0.3, 0.4) is 0 Å². The van der Waals surface area contributed by atoms with Crippen LogP contribution in [0.4, 0.5) is 0 Å². The highest BCUT2D eigenvalue weighted by atomic mass is 16.5. The van der Waals surface area contributed by atoms with Gasteiger partial charge in [-0.25, -0.2) is 0 Å². The number of aryl methyl sites for hydroxylation is 1. The molecule has 0 aromatic heterocycles. The number of hydrogen-bond donors (Lipinski definition) is 1. The second-order valence-electron chi connectivity index (χ2n) is 5.23. The number of ether oxygens (including phenoxy) is 2. The van der Waals surface area contributed by atoms with Gasteiger partial charge in [-0.05, 0) is 25.1 Å². The van der Waals surface area contributed by atoms with Crippen molar-refractivity contribution in [2.45, 2.75) is 19.9 Å². The van der Waals surface area contributed by atoms with Gasteiger partial charge in [0.25, 0.3) is 0 Å². The van der Waals surface area contributed by atoms with Crippen LogP contribution in [-0.2, 0) is 11.3 Å². The van der Waals surface area contributed by atoms with Crippen molar-refractivity contribution in [1.82, 2.24) is 5.32 Å². The van der Waals surface area contributed by atoms with Crippen molar-refractivity contribution in [1.29, 1.82) is 5.26 Å². The molecule has 0 bridgehead atoms. The summed E-state index contributed by atoms with van der Waals surface area (Å²) in [4.78, 5) is 11.4. The SMILES string of the molecule is Cc1ccc(OCCOc2ccccc2CNC(=O)CC#N)cc1. The van der Waals surface area contributed by atoms with E-state index in [1.807, 2.05) is 61.5 Å². The standard InChI is InChI=1S/C19H20N2O3/c1-15-6-8-17(9-7-15)23-12-13-24-18-5-3-2-4-16(18)14-21-19(22)10-11-20/h2-9H,10,12-14H2,1H3,(H,21,22). The summed E-state index contributed by atoms with van der Waals surface area (Å²) < 4.78 is 11.4. The molecule has 0 heterocycles. The van der Waals surface area contributed by atoms with Crippen LogP contribution < -0.4 is 14.8 Å². The van der Waals surface area contributed by atoms with Gasteiger partial charge in [-0.1, -0.05) is 35.9 Å². The second kappa shape index (κ2) is 9.21. The first kappa shape index (κ1) is 17.4. The molecule has 0 radical (unpaired) electrons. The van der Waals surface area contributed by atoms with Crippen molar-refractivity contribution < 1.29 is 14.3 Å². The lowest BCUT2D eigenvalue weighted by Gasteiger charge is -2.12. The second-order valence-corrected chi connectivity index (χ2v) is 5.23. The summed E-state index contributed by atoms with van der Waals surface area (Å²) >= 11 is 0. The molecule has 24 heavy (non-hydrogen) atoms. The molecule has 0 spiro atoms. The Morgan fingerprint density at radius 3 is 2.54 bits per heavy atom. The molecule has 0 saturated carbocycles. The fraction of sp³-hybridized carbons (Fsp3) is 0.263. The number of carbonyl (C=O) groups excluding carboxylic acids is 1. The van der Waals surface area contributed by atoms with Crippen molar-refractivity contribution in [2.24, 2.45) is 0 Å². The van der Waals surface area contributed by atoms with E-state index >= 15 is 0 Å². The van der Waals surface area contributed by atoms with Crippen molar-refractivity contribution in [2.75, 3.05) is 13.2 Å². The summed E-state index contributed by atoms with van der Waals surface area (Å²) in [6, 6.07) is 17.1. The first-order valence-corrected chi connectivity index (χ1v) is 7.73. The minimum Gasteiger partial charge on any atom is -0.490 e. The van der Waals surface area contributed by atoms with E-state index in [-0.39, 0.29) is 12.3 Å². The van der Waals surface area contributed by atoms with Crippen LogP contribution in [0.25, 0.3) is 0 Å². The smallest absolute Gasteiger partial charge is 0.234 e. The Bertz CT molecular complexity index is 705. The lowest BCUT2D eigenvalue weighted by Crippen LogP contribution is -2.22. The maximum atomic E-state index is 11.4. The predicted octanol–water partition coefficient (Wildman–Crippen LogP) is 2.98. The molecule has 5 nitrogen and oxygen atoms in total. The zero-order valence-electron chi connectivity index (χ0n) is 13.6. The van der Waals surface area contributed by atoms with E-state index in [9.17, 15) is 4.79 Å². The Hall–Kier alpha value is -3.00. The van der Waals surface area contributed by atoms with Crippen LogP contribution in [0.5, 0.6) is 11.5 Å². The lowest BCUT2D eigenvalue weighted by atomic mass is 10.2. The number of hydrogen-bond acceptors (Lipinski definition) is 4. The topological polar surface area (TPSA) is 71.3 Å². The lowest BCUT2D eigenvalue weighted by molar-refractivity contribution is -0.120. The Balaban J connectivity index is 1.80. The molecule has 2 aromatic rings. The van der Waals surface area contributed by atoms with Crippen LogP contribution in [0, 0.1) is 18.3 Å². The Kier molecular flexibility index (Phi) is 6.66. The third-order valence-electron chi connectivity index (χ3n) is 3.32. The normalized spacial score (nSPS) is 9.83. The van der Waals surface area contributed by atoms with Crippen molar-refractivity contribution in [3.05, 3.63) is 59.7 Å². The van der Waals surface area contributed by atoms with Gasteiger partial charge in [0.1, 0.15) is 31.1 Å². The van der Waals surface area contributed by atoms with E-state index in [4.69, 9.17) is 14.7 Å². The zero-order chi connectivity index (χ0) is 17.2. The van der Waals surface area contributed by atoms with Crippen molar-refractivity contribution in [3.63, 3.8) is 0 Å². The summed E-state index contributed by atoms with van der Waals surface area (Å²) in [6.07, 6.45) is -0.145. The predicted molar refractivity (Wildman–Crippen MR) is 90.7 cm³/mol. The van der Waals surface area contributed by atoms with E-state index < -0.39 is 0 Å². The van der Waals surface area contributed by atoms with Crippen LogP contribution in [0.2, 0.25) is 0 Å². The molecule has 0 aliphatic carbocycles. The van der Waals surface area contributed by atoms with Gasteiger partial charge >= 0.3 is 0 Å². The molecule has 0 aliphatic rings. The minimum absolute atomic E-state index is 0.145. The average molecular weight is 324 g/mol. The van der Waals surface area contributed by atoms with Gasteiger partial charge in [-0.15, -0.1) is 0 Å². The highest BCUT2D eigenvalue weighted by molar-refractivity contribution is 5.78. The fourth-order valence-electron chi connectivity index (χ4n) is 2.06. The summed E-state index contributed by atoms with van der Waals surface area (Å²) in [5.41, 5.74) is 2.05. The van der Waals surface area contributed by atoms with Gasteiger partial charge in [-0.2, -0.15) is 5.26 Å². The molecule has 1 amide bonds. The van der Waals surface area contributed by atoms with Crippen LogP contribution >= 0.6 is 0 Å². The van der Waals surface area contributed by atoms with Crippen LogP contribution in [-0.4, -0.2) is 19.1 Å². The van der Waals surface area contributed by atoms with Gasteiger partial charge < -0.3 is 14.8 Å². The summed E-state index contributed by atoms with van der Waals surface area (Å²) in [6.45, 7) is 3.18. The summed E-state index contributed by atoms with van der Waals surface area (Å²) in [5.74, 6) is 1.21. The fourth-order valence-corrected chi connectivity index (χ4v) is 2.06. The molecule has 2 rings (SSSR count). The van der Waals surface area contributed by atoms with Gasteiger partial charge in [0.15, 0.2) is 0 Å². The molecule has 1 N–H and O–H groups in total. The largest absolute Gasteiger partial charge is 0.490 e. The quantitative estimate of drug-likeness (QED) is 0.758. The third-order valence-corrected chi connectivity index (χ3v) is 3.32. The van der Waals surface area contributed by atoms with E-state index in [1.54, 1.807) is 0 Å². The maximum Gasteiger partial charge on any atom is 0.234 e. The van der Waals surface area contributed by atoms with Gasteiger partial charge in [0.05, 0.1) is 6.07 Å². The molecular formula is C19H20N2O3. The molecule has 0 saturated heterocycles. The van der Waals surface area contributed by atoms with Crippen LogP contribution in [0.15, 0.2) is 48.5 Å². The molecular weight excluding hydrogens is 304 g/mol. The number of amides is 1. The number of nitriles is 1. The average Bonchev–Trinajstić information content (AvgIpc) is 2.59. The van der Waals surface area contributed by atoms with E-state index in [2.05, 4.69) is 5.32 Å². The number of benzene rings is 2. The van der Waals surface area contributed by atoms with E-state index in [0.29, 0.717) is 25.5 Å². The molecule has 0 unspecified atom stereocenters. The number of para-hydroxylation sites is 1. The van der Waals surface area contributed by atoms with Crippen molar-refractivity contribution >= 4 is 5.91 Å². The first-order valence-electron chi connectivity index (χ1n) is 7.73. The van der Waals surface area contributed by atoms with E-state index in [1.165, 1.54) is 5.56 Å². The number of rotatable bonds is 8. The number of nitrogens with one attached hydrogen (secondary N) is 1. The monoisotopic (exact) mass is 324 g/mol. The zero-order valence-corrected chi connectivity index (χ0v) is 13.6. The summed E-state index contributed by atoms with van der Waals surface area (Å²) in [7, 11) is 0. The molecule has 0 atom stereocenters. The van der Waals surface area contributed by atoms with Gasteiger partial charge in [-0.3, -0.25) is 4.79 Å². The molecule has 0 aliphatic heterocycles. The Morgan fingerprint density at radius 2 is 1.79 bits per heavy atom. The molecule has 124 valence electrons. The van der Waals surface area contributed by atoms with Crippen molar-refractivity contribution in [3.8, 4) is 17.6 Å². The van der Waals surface area contributed by atoms with Crippen LogP contribution in [0.1, 0.15) is 17.5 Å². The Morgan fingerprint density at radius 1 is 1.08 bits per heavy atom. The van der Waals surface area contributed by atoms with Gasteiger partial charge in [0.2, 0.25) is 5.91 Å². The van der Waals surface area contributed by atoms with Gasteiger partial charge in [0, 0.05) is 12.1 Å². The Labute approximate surface area is 141 Å². The summed E-state index contributed by atoms with van der Waals surface area (Å²) in [5, 5.41) is 11.2. The molecule has 5 heteroatoms. The minimum atomic E-state index is -0.296. The molecule has 2 aromatic carbocycles. The first-order chi connectivity index (χ1) is 11.7. The molecule has 0 fully saturated rings. The maximum absolute atomic E-state index is 11.4. The van der Waals surface area contributed by atoms with E-state index in [0.717, 1.165) is 11.3 Å². The number of carbonyl (C=O) groups is 1. The highest BCUT2D eigenvalue weighted by Crippen LogP contribution is 2.18. The third kappa shape index (κ3) is 5.65. The number of nitrogens with zero attached hydrogens (tertiary/aromatic N) is 1. The highest BCUT2D eigenvalue weighted by Gasteiger charge is 2.05.